The molecule has 0 saturated heterocycles. The first kappa shape index (κ1) is 22.9. The number of benzene rings is 2. The Hall–Kier alpha value is -3.92. The Kier molecular flexibility index (Phi) is 6.37. The van der Waals surface area contributed by atoms with E-state index >= 15 is 0 Å². The molecule has 5 aromatic rings. The van der Waals surface area contributed by atoms with Crippen molar-refractivity contribution in [2.45, 2.75) is 18.5 Å². The lowest BCUT2D eigenvalue weighted by molar-refractivity contribution is -0.118. The summed E-state index contributed by atoms with van der Waals surface area (Å²) in [6, 6.07) is 16.1. The first-order valence-electron chi connectivity index (χ1n) is 11.3. The summed E-state index contributed by atoms with van der Waals surface area (Å²) in [7, 11) is 3.80. The third-order valence-electron chi connectivity index (χ3n) is 5.68. The molecule has 0 atom stereocenters. The molecule has 0 radical (unpaired) electrons. The van der Waals surface area contributed by atoms with Crippen LogP contribution in [0.2, 0.25) is 0 Å². The lowest BCUT2D eigenvalue weighted by Crippen LogP contribution is -2.27. The molecule has 178 valence electrons. The predicted molar refractivity (Wildman–Crippen MR) is 137 cm³/mol. The van der Waals surface area contributed by atoms with Gasteiger partial charge in [0.05, 0.1) is 22.3 Å². The predicted octanol–water partition coefficient (Wildman–Crippen LogP) is 3.52. The summed E-state index contributed by atoms with van der Waals surface area (Å²) >= 11 is 1.36. The van der Waals surface area contributed by atoms with E-state index in [1.54, 1.807) is 4.68 Å². The molecular weight excluding hydrogens is 460 g/mol. The van der Waals surface area contributed by atoms with E-state index in [0.717, 1.165) is 33.7 Å². The van der Waals surface area contributed by atoms with Gasteiger partial charge in [0, 0.05) is 38.8 Å². The van der Waals surface area contributed by atoms with Crippen LogP contribution >= 0.6 is 11.8 Å². The van der Waals surface area contributed by atoms with Gasteiger partial charge in [0.1, 0.15) is 11.5 Å². The lowest BCUT2D eigenvalue weighted by Gasteiger charge is -2.06. The van der Waals surface area contributed by atoms with Crippen molar-refractivity contribution in [2.24, 2.45) is 14.1 Å². The van der Waals surface area contributed by atoms with Gasteiger partial charge in [0.25, 0.3) is 0 Å². The third kappa shape index (κ3) is 4.97. The second kappa shape index (κ2) is 9.75. The summed E-state index contributed by atoms with van der Waals surface area (Å²) in [5.41, 5.74) is 5.89. The maximum absolute atomic E-state index is 12.4. The van der Waals surface area contributed by atoms with E-state index in [1.165, 1.54) is 17.3 Å². The number of aromatic nitrogens is 7. The summed E-state index contributed by atoms with van der Waals surface area (Å²) in [5, 5.41) is 17.0. The van der Waals surface area contributed by atoms with Crippen LogP contribution in [0.15, 0.2) is 59.9 Å². The van der Waals surface area contributed by atoms with Crippen molar-refractivity contribution in [3.63, 3.8) is 0 Å². The number of hydrogen-bond acceptors (Lipinski definition) is 6. The molecule has 9 nitrogen and oxygen atoms in total. The molecule has 2 N–H and O–H groups in total. The Labute approximate surface area is 207 Å². The molecule has 0 aliphatic heterocycles. The molecule has 0 spiro atoms. The van der Waals surface area contributed by atoms with Crippen LogP contribution in [0.3, 0.4) is 0 Å². The van der Waals surface area contributed by atoms with Crippen molar-refractivity contribution < 1.29 is 4.79 Å². The van der Waals surface area contributed by atoms with Gasteiger partial charge >= 0.3 is 0 Å². The van der Waals surface area contributed by atoms with Gasteiger partial charge in [-0.05, 0) is 19.1 Å². The van der Waals surface area contributed by atoms with Crippen molar-refractivity contribution in [3.8, 4) is 22.6 Å². The highest BCUT2D eigenvalue weighted by Crippen LogP contribution is 2.31. The quantitative estimate of drug-likeness (QED) is 0.325. The van der Waals surface area contributed by atoms with Gasteiger partial charge in [-0.3, -0.25) is 9.48 Å². The van der Waals surface area contributed by atoms with E-state index in [2.05, 4.69) is 61.8 Å². The van der Waals surface area contributed by atoms with Gasteiger partial charge in [-0.2, -0.15) is 5.10 Å². The average Bonchev–Trinajstić information content (AvgIpc) is 3.54. The van der Waals surface area contributed by atoms with E-state index in [0.29, 0.717) is 23.9 Å². The maximum Gasteiger partial charge on any atom is 0.230 e. The maximum atomic E-state index is 12.4. The Morgan fingerprint density at radius 1 is 1.09 bits per heavy atom. The smallest absolute Gasteiger partial charge is 0.230 e. The lowest BCUT2D eigenvalue weighted by atomic mass is 10.1. The number of amides is 1. The van der Waals surface area contributed by atoms with E-state index in [4.69, 9.17) is 0 Å². The van der Waals surface area contributed by atoms with Crippen LogP contribution in [0.25, 0.3) is 33.7 Å². The van der Waals surface area contributed by atoms with Crippen LogP contribution in [-0.2, 0) is 25.3 Å². The number of para-hydroxylation sites is 2. The normalized spacial score (nSPS) is 11.3. The van der Waals surface area contributed by atoms with E-state index < -0.39 is 0 Å². The number of carbonyl (C=O) groups is 1. The standard InChI is InChI=1S/C25H26N8OS/c1-16-8-10-17(11-9-16)23-18(14-32(2)31-23)24-29-30-25(33(24)3)35-15-22(34)26-13-12-21-27-19-6-4-5-7-20(19)28-21/h4-11,14H,12-13,15H2,1-3H3,(H,26,34)(H,27,28). The molecule has 3 aromatic heterocycles. The minimum Gasteiger partial charge on any atom is -0.355 e. The molecule has 2 aromatic carbocycles. The number of aromatic amines is 1. The summed E-state index contributed by atoms with van der Waals surface area (Å²) < 4.78 is 3.68. The average molecular weight is 487 g/mol. The Morgan fingerprint density at radius 2 is 1.89 bits per heavy atom. The largest absolute Gasteiger partial charge is 0.355 e. The number of carbonyl (C=O) groups excluding carboxylic acids is 1. The number of thioether (sulfide) groups is 1. The van der Waals surface area contributed by atoms with Crippen molar-refractivity contribution in [1.82, 2.24) is 39.8 Å². The molecule has 0 unspecified atom stereocenters. The zero-order valence-corrected chi connectivity index (χ0v) is 20.6. The van der Waals surface area contributed by atoms with E-state index in [1.807, 2.05) is 49.1 Å². The number of fused-ring (bicyclic) bond motifs is 1. The number of rotatable bonds is 8. The van der Waals surface area contributed by atoms with E-state index in [-0.39, 0.29) is 11.7 Å². The second-order valence-corrected chi connectivity index (χ2v) is 9.33. The fourth-order valence-corrected chi connectivity index (χ4v) is 4.62. The minimum atomic E-state index is -0.0580. The second-order valence-electron chi connectivity index (χ2n) is 8.39. The van der Waals surface area contributed by atoms with Crippen molar-refractivity contribution in [1.29, 1.82) is 0 Å². The molecule has 0 fully saturated rings. The molecule has 3 heterocycles. The van der Waals surface area contributed by atoms with Crippen LogP contribution in [-0.4, -0.2) is 52.7 Å². The van der Waals surface area contributed by atoms with Crippen molar-refractivity contribution in [3.05, 3.63) is 66.1 Å². The first-order valence-corrected chi connectivity index (χ1v) is 12.3. The van der Waals surface area contributed by atoms with E-state index in [9.17, 15) is 4.79 Å². The SMILES string of the molecule is Cc1ccc(-c2nn(C)cc2-c2nnc(SCC(=O)NCCc3nc4ccccc4[nH]3)n2C)cc1. The number of H-pyrrole nitrogens is 1. The fourth-order valence-electron chi connectivity index (χ4n) is 3.88. The first-order chi connectivity index (χ1) is 17.0. The van der Waals surface area contributed by atoms with Crippen LogP contribution in [0.5, 0.6) is 0 Å². The highest BCUT2D eigenvalue weighted by Gasteiger charge is 2.19. The number of imidazole rings is 1. The van der Waals surface area contributed by atoms with Crippen molar-refractivity contribution in [2.75, 3.05) is 12.3 Å². The monoisotopic (exact) mass is 486 g/mol. The van der Waals surface area contributed by atoms with Gasteiger partial charge in [0.15, 0.2) is 11.0 Å². The molecule has 10 heteroatoms. The summed E-state index contributed by atoms with van der Waals surface area (Å²) in [4.78, 5) is 20.2. The number of hydrogen-bond donors (Lipinski definition) is 2. The number of nitrogens with one attached hydrogen (secondary N) is 2. The van der Waals surface area contributed by atoms with Gasteiger partial charge in [-0.25, -0.2) is 4.98 Å². The van der Waals surface area contributed by atoms with Crippen molar-refractivity contribution >= 4 is 28.7 Å². The summed E-state index contributed by atoms with van der Waals surface area (Å²) in [6.07, 6.45) is 2.58. The molecule has 0 bridgehead atoms. The zero-order chi connectivity index (χ0) is 24.4. The van der Waals surface area contributed by atoms with Gasteiger partial charge in [-0.1, -0.05) is 53.7 Å². The molecule has 0 aliphatic rings. The highest BCUT2D eigenvalue weighted by molar-refractivity contribution is 7.99. The molecular formula is C25H26N8OS. The summed E-state index contributed by atoms with van der Waals surface area (Å²) in [5.74, 6) is 1.76. The van der Waals surface area contributed by atoms with Crippen LogP contribution in [0.1, 0.15) is 11.4 Å². The molecule has 1 amide bonds. The highest BCUT2D eigenvalue weighted by atomic mass is 32.2. The summed E-state index contributed by atoms with van der Waals surface area (Å²) in [6.45, 7) is 2.57. The topological polar surface area (TPSA) is 106 Å². The molecule has 35 heavy (non-hydrogen) atoms. The third-order valence-corrected chi connectivity index (χ3v) is 6.70. The van der Waals surface area contributed by atoms with Gasteiger partial charge in [0.2, 0.25) is 5.91 Å². The van der Waals surface area contributed by atoms with Crippen LogP contribution < -0.4 is 5.32 Å². The van der Waals surface area contributed by atoms with Crippen LogP contribution in [0.4, 0.5) is 0 Å². The molecule has 5 rings (SSSR count). The van der Waals surface area contributed by atoms with Gasteiger partial charge in [-0.15, -0.1) is 10.2 Å². The number of nitrogens with zero attached hydrogens (tertiary/aromatic N) is 6. The van der Waals surface area contributed by atoms with Crippen LogP contribution in [0, 0.1) is 6.92 Å². The Bertz CT molecular complexity index is 1450. The Balaban J connectivity index is 1.20. The Morgan fingerprint density at radius 3 is 2.69 bits per heavy atom. The zero-order valence-electron chi connectivity index (χ0n) is 19.8. The number of aryl methyl sites for hydroxylation is 2. The molecule has 0 aliphatic carbocycles. The molecule has 0 saturated carbocycles. The fraction of sp³-hybridized carbons (Fsp3) is 0.240. The van der Waals surface area contributed by atoms with Gasteiger partial charge < -0.3 is 14.9 Å². The minimum absolute atomic E-state index is 0.0580.